The summed E-state index contributed by atoms with van der Waals surface area (Å²) in [5.74, 6) is -0.369. The van der Waals surface area contributed by atoms with Gasteiger partial charge in [-0.2, -0.15) is 0 Å². The smallest absolute Gasteiger partial charge is 0.255 e. The van der Waals surface area contributed by atoms with Gasteiger partial charge in [0.1, 0.15) is 10.8 Å². The van der Waals surface area contributed by atoms with Crippen molar-refractivity contribution in [3.8, 4) is 11.1 Å². The van der Waals surface area contributed by atoms with E-state index in [1.807, 2.05) is 28.5 Å². The van der Waals surface area contributed by atoms with Crippen LogP contribution in [0.3, 0.4) is 0 Å². The zero-order valence-corrected chi connectivity index (χ0v) is 15.1. The first kappa shape index (κ1) is 16.9. The van der Waals surface area contributed by atoms with E-state index in [0.29, 0.717) is 23.2 Å². The van der Waals surface area contributed by atoms with E-state index < -0.39 is 0 Å². The summed E-state index contributed by atoms with van der Waals surface area (Å²) in [6.45, 7) is 0.703. The van der Waals surface area contributed by atoms with Crippen molar-refractivity contribution in [3.63, 3.8) is 0 Å². The molecule has 0 spiro atoms. The summed E-state index contributed by atoms with van der Waals surface area (Å²) in [6.07, 6.45) is 4.77. The van der Waals surface area contributed by atoms with Gasteiger partial charge in [0.25, 0.3) is 5.91 Å². The summed E-state index contributed by atoms with van der Waals surface area (Å²) in [5.41, 5.74) is 1.64. The van der Waals surface area contributed by atoms with Crippen molar-refractivity contribution in [3.05, 3.63) is 76.5 Å². The van der Waals surface area contributed by atoms with Gasteiger partial charge in [-0.15, -0.1) is 11.3 Å². The molecule has 1 aliphatic heterocycles. The summed E-state index contributed by atoms with van der Waals surface area (Å²) < 4.78 is 14.3. The van der Waals surface area contributed by atoms with Gasteiger partial charge in [-0.1, -0.05) is 36.4 Å². The lowest BCUT2D eigenvalue weighted by molar-refractivity contribution is 0.0612. The molecular formula is C21H19FN2OS. The first-order valence-corrected chi connectivity index (χ1v) is 9.68. The normalized spacial score (nSPS) is 17.3. The minimum absolute atomic E-state index is 0.00456. The van der Waals surface area contributed by atoms with Crippen molar-refractivity contribution < 1.29 is 9.18 Å². The van der Waals surface area contributed by atoms with Crippen LogP contribution in [0.2, 0.25) is 0 Å². The summed E-state index contributed by atoms with van der Waals surface area (Å²) in [5, 5.41) is 2.92. The molecule has 3 nitrogen and oxygen atoms in total. The van der Waals surface area contributed by atoms with Crippen LogP contribution < -0.4 is 0 Å². The van der Waals surface area contributed by atoms with Crippen molar-refractivity contribution in [2.75, 3.05) is 6.54 Å². The molecule has 1 saturated heterocycles. The number of benzene rings is 2. The Morgan fingerprint density at radius 2 is 1.85 bits per heavy atom. The molecule has 0 bridgehead atoms. The van der Waals surface area contributed by atoms with E-state index >= 15 is 0 Å². The third-order valence-corrected chi connectivity index (χ3v) is 5.70. The molecule has 1 unspecified atom stereocenters. The standard InChI is InChI=1S/C21H19FN2OS/c22-18-10-4-3-8-16(18)15-7-1-2-9-17(15)21(25)24-13-6-5-11-19(24)20-23-12-14-26-20/h1-4,7-10,12,14,19H,5-6,11,13H2. The van der Waals surface area contributed by atoms with Gasteiger partial charge < -0.3 is 4.90 Å². The number of halogens is 1. The predicted molar refractivity (Wildman–Crippen MR) is 102 cm³/mol. The van der Waals surface area contributed by atoms with Gasteiger partial charge in [0.2, 0.25) is 0 Å². The van der Waals surface area contributed by atoms with E-state index in [4.69, 9.17) is 0 Å². The highest BCUT2D eigenvalue weighted by molar-refractivity contribution is 7.09. The summed E-state index contributed by atoms with van der Waals surface area (Å²) >= 11 is 1.58. The third-order valence-electron chi connectivity index (χ3n) is 4.82. The second kappa shape index (κ2) is 7.38. The van der Waals surface area contributed by atoms with Gasteiger partial charge in [0.05, 0.1) is 6.04 Å². The Kier molecular flexibility index (Phi) is 4.80. The van der Waals surface area contributed by atoms with Crippen LogP contribution in [-0.2, 0) is 0 Å². The summed E-state index contributed by atoms with van der Waals surface area (Å²) in [7, 11) is 0. The van der Waals surface area contributed by atoms with Crippen LogP contribution in [0.1, 0.15) is 40.7 Å². The number of rotatable bonds is 3. The maximum Gasteiger partial charge on any atom is 0.255 e. The number of hydrogen-bond acceptors (Lipinski definition) is 3. The summed E-state index contributed by atoms with van der Waals surface area (Å²) in [6, 6.07) is 13.9. The van der Waals surface area contributed by atoms with E-state index in [9.17, 15) is 9.18 Å². The molecule has 132 valence electrons. The summed E-state index contributed by atoms with van der Waals surface area (Å²) in [4.78, 5) is 19.7. The number of carbonyl (C=O) groups is 1. The molecule has 2 heterocycles. The number of amides is 1. The molecule has 0 aliphatic carbocycles. The number of hydrogen-bond donors (Lipinski definition) is 0. The lowest BCUT2D eigenvalue weighted by atomic mass is 9.96. The number of likely N-dealkylation sites (tertiary alicyclic amines) is 1. The number of thiazole rings is 1. The minimum atomic E-state index is -0.317. The Morgan fingerprint density at radius 1 is 1.08 bits per heavy atom. The monoisotopic (exact) mass is 366 g/mol. The van der Waals surface area contributed by atoms with E-state index in [2.05, 4.69) is 4.98 Å². The average molecular weight is 366 g/mol. The largest absolute Gasteiger partial charge is 0.329 e. The highest BCUT2D eigenvalue weighted by Crippen LogP contribution is 2.35. The minimum Gasteiger partial charge on any atom is -0.329 e. The zero-order valence-electron chi connectivity index (χ0n) is 14.3. The molecule has 1 fully saturated rings. The number of nitrogens with zero attached hydrogens (tertiary/aromatic N) is 2. The quantitative estimate of drug-likeness (QED) is 0.629. The molecule has 1 aliphatic rings. The van der Waals surface area contributed by atoms with Crippen LogP contribution in [0, 0.1) is 5.82 Å². The van der Waals surface area contributed by atoms with E-state index in [1.54, 1.807) is 41.8 Å². The Morgan fingerprint density at radius 3 is 2.62 bits per heavy atom. The molecule has 0 radical (unpaired) electrons. The van der Waals surface area contributed by atoms with Gasteiger partial charge in [-0.25, -0.2) is 9.37 Å². The Balaban J connectivity index is 1.73. The third kappa shape index (κ3) is 3.15. The van der Waals surface area contributed by atoms with Crippen molar-refractivity contribution in [1.29, 1.82) is 0 Å². The van der Waals surface area contributed by atoms with Crippen LogP contribution >= 0.6 is 11.3 Å². The molecule has 0 saturated carbocycles. The van der Waals surface area contributed by atoms with Crippen molar-refractivity contribution in [1.82, 2.24) is 9.88 Å². The number of piperidine rings is 1. The molecule has 1 amide bonds. The van der Waals surface area contributed by atoms with Crippen LogP contribution in [-0.4, -0.2) is 22.3 Å². The number of aromatic nitrogens is 1. The topological polar surface area (TPSA) is 33.2 Å². The van der Waals surface area contributed by atoms with Crippen LogP contribution in [0.5, 0.6) is 0 Å². The lowest BCUT2D eigenvalue weighted by Crippen LogP contribution is -2.38. The van der Waals surface area contributed by atoms with E-state index in [1.165, 1.54) is 6.07 Å². The zero-order chi connectivity index (χ0) is 17.9. The molecule has 1 aromatic heterocycles. The predicted octanol–water partition coefficient (Wildman–Crippen LogP) is 5.32. The van der Waals surface area contributed by atoms with Crippen molar-refractivity contribution >= 4 is 17.2 Å². The van der Waals surface area contributed by atoms with E-state index in [-0.39, 0.29) is 17.8 Å². The molecule has 0 N–H and O–H groups in total. The second-order valence-electron chi connectivity index (χ2n) is 6.41. The fraction of sp³-hybridized carbons (Fsp3) is 0.238. The first-order chi connectivity index (χ1) is 12.8. The molecular weight excluding hydrogens is 347 g/mol. The highest BCUT2D eigenvalue weighted by Gasteiger charge is 2.31. The molecule has 4 rings (SSSR count). The Labute approximate surface area is 156 Å². The van der Waals surface area contributed by atoms with E-state index in [0.717, 1.165) is 24.3 Å². The van der Waals surface area contributed by atoms with Gasteiger partial charge in [-0.3, -0.25) is 4.79 Å². The molecule has 1 atom stereocenters. The van der Waals surface area contributed by atoms with Gasteiger partial charge >= 0.3 is 0 Å². The van der Waals surface area contributed by atoms with Crippen molar-refractivity contribution in [2.45, 2.75) is 25.3 Å². The van der Waals surface area contributed by atoms with Crippen LogP contribution in [0.15, 0.2) is 60.1 Å². The Hall–Kier alpha value is -2.53. The van der Waals surface area contributed by atoms with Gasteiger partial charge in [-0.05, 0) is 37.0 Å². The highest BCUT2D eigenvalue weighted by atomic mass is 32.1. The average Bonchev–Trinajstić information content (AvgIpc) is 3.23. The fourth-order valence-corrected chi connectivity index (χ4v) is 4.35. The van der Waals surface area contributed by atoms with Crippen LogP contribution in [0.4, 0.5) is 4.39 Å². The van der Waals surface area contributed by atoms with Gasteiger partial charge in [0, 0.05) is 29.2 Å². The second-order valence-corrected chi connectivity index (χ2v) is 7.33. The molecule has 2 aromatic carbocycles. The molecule has 26 heavy (non-hydrogen) atoms. The maximum absolute atomic E-state index is 14.3. The van der Waals surface area contributed by atoms with Crippen molar-refractivity contribution in [2.24, 2.45) is 0 Å². The first-order valence-electron chi connectivity index (χ1n) is 8.80. The maximum atomic E-state index is 14.3. The van der Waals surface area contributed by atoms with Crippen LogP contribution in [0.25, 0.3) is 11.1 Å². The Bertz CT molecular complexity index is 910. The fourth-order valence-electron chi connectivity index (χ4n) is 3.57. The SMILES string of the molecule is O=C(c1ccccc1-c1ccccc1F)N1CCCCC1c1nccs1. The lowest BCUT2D eigenvalue weighted by Gasteiger charge is -2.35. The number of carbonyl (C=O) groups excluding carboxylic acids is 1. The van der Waals surface area contributed by atoms with Gasteiger partial charge in [0.15, 0.2) is 0 Å². The molecule has 3 aromatic rings. The molecule has 5 heteroatoms.